The molecule has 2 aromatic rings. The predicted molar refractivity (Wildman–Crippen MR) is 136 cm³/mol. The van der Waals surface area contributed by atoms with E-state index >= 15 is 0 Å². The number of sulfonamides is 1. The van der Waals surface area contributed by atoms with Crippen LogP contribution in [0.25, 0.3) is 0 Å². The lowest BCUT2D eigenvalue weighted by Crippen LogP contribution is -2.41. The molecular formula is C24H29BrN2O3SSi. The summed E-state index contributed by atoms with van der Waals surface area (Å²) in [7, 11) is -5.08. The van der Waals surface area contributed by atoms with Gasteiger partial charge < -0.3 is 5.32 Å². The summed E-state index contributed by atoms with van der Waals surface area (Å²) < 4.78 is 28.4. The number of hydrogen-bond donors (Lipinski definition) is 1. The highest BCUT2D eigenvalue weighted by Crippen LogP contribution is 2.26. The fraction of sp³-hybridized carbons (Fsp3) is 0.375. The maximum atomic E-state index is 13.0. The summed E-state index contributed by atoms with van der Waals surface area (Å²) in [5, 5.41) is 2.84. The minimum Gasteiger partial charge on any atom is -0.322 e. The van der Waals surface area contributed by atoms with E-state index in [1.165, 1.54) is 0 Å². The van der Waals surface area contributed by atoms with Crippen LogP contribution in [0.5, 0.6) is 0 Å². The third-order valence-electron chi connectivity index (χ3n) is 5.26. The Balaban J connectivity index is 1.76. The second kappa shape index (κ2) is 9.92. The van der Waals surface area contributed by atoms with Gasteiger partial charge in [-0.3, -0.25) is 4.79 Å². The number of carbonyl (C=O) groups is 1. The van der Waals surface area contributed by atoms with Crippen LogP contribution in [0.3, 0.4) is 0 Å². The lowest BCUT2D eigenvalue weighted by molar-refractivity contribution is 0.102. The monoisotopic (exact) mass is 532 g/mol. The summed E-state index contributed by atoms with van der Waals surface area (Å²) in [6, 6.07) is 11.7. The number of nitrogens with one attached hydrogen (secondary N) is 1. The van der Waals surface area contributed by atoms with Crippen LogP contribution in [0.4, 0.5) is 5.69 Å². The number of piperidine rings is 1. The Morgan fingerprint density at radius 2 is 1.81 bits per heavy atom. The molecule has 3 rings (SSSR count). The molecular weight excluding hydrogens is 504 g/mol. The van der Waals surface area contributed by atoms with Gasteiger partial charge in [-0.15, -0.1) is 5.54 Å². The summed E-state index contributed by atoms with van der Waals surface area (Å²) in [5.74, 6) is 2.91. The first-order valence-electron chi connectivity index (χ1n) is 10.7. The van der Waals surface area contributed by atoms with Gasteiger partial charge in [0, 0.05) is 33.9 Å². The van der Waals surface area contributed by atoms with Gasteiger partial charge in [0.1, 0.15) is 8.07 Å². The molecule has 1 amide bonds. The molecule has 1 atom stereocenters. The lowest BCUT2D eigenvalue weighted by atomic mass is 10.1. The minimum absolute atomic E-state index is 0.00350. The standard InChI is InChI=1S/C24H29BrN2O3SSi/c1-18-7-5-6-15-27(18)31(29,30)22-11-9-21(10-12-22)26-24(28)20-8-13-23(25)19(17-20)14-16-32(2,3)4/h8-13,17-18H,5-7,15H2,1-4H3,(H,26,28). The third-order valence-corrected chi connectivity index (χ3v) is 8.86. The van der Waals surface area contributed by atoms with Gasteiger partial charge in [0.05, 0.1) is 4.90 Å². The van der Waals surface area contributed by atoms with Crippen molar-refractivity contribution in [3.8, 4) is 11.5 Å². The quantitative estimate of drug-likeness (QED) is 0.417. The molecule has 0 aromatic heterocycles. The molecule has 0 radical (unpaired) electrons. The number of rotatable bonds is 4. The fourth-order valence-corrected chi connectivity index (χ4v) is 6.05. The van der Waals surface area contributed by atoms with Crippen molar-refractivity contribution in [2.45, 2.75) is 56.8 Å². The van der Waals surface area contributed by atoms with E-state index in [4.69, 9.17) is 0 Å². The summed E-state index contributed by atoms with van der Waals surface area (Å²) in [4.78, 5) is 13.0. The zero-order valence-corrected chi connectivity index (χ0v) is 22.3. The largest absolute Gasteiger partial charge is 0.322 e. The van der Waals surface area contributed by atoms with Crippen molar-refractivity contribution in [3.63, 3.8) is 0 Å². The molecule has 0 bridgehead atoms. The first-order valence-corrected chi connectivity index (χ1v) is 16.5. The molecule has 1 heterocycles. The van der Waals surface area contributed by atoms with Crippen LogP contribution in [0.1, 0.15) is 42.1 Å². The molecule has 32 heavy (non-hydrogen) atoms. The Kier molecular flexibility index (Phi) is 7.66. The number of benzene rings is 2. The number of carbonyl (C=O) groups excluding carboxylic acids is 1. The highest BCUT2D eigenvalue weighted by molar-refractivity contribution is 9.10. The normalized spacial score (nSPS) is 17.3. The van der Waals surface area contributed by atoms with Crippen molar-refractivity contribution in [1.82, 2.24) is 4.31 Å². The van der Waals surface area contributed by atoms with Crippen molar-refractivity contribution in [3.05, 3.63) is 58.1 Å². The molecule has 1 unspecified atom stereocenters. The van der Waals surface area contributed by atoms with Crippen LogP contribution in [-0.4, -0.2) is 39.3 Å². The SMILES string of the molecule is CC1CCCCN1S(=O)(=O)c1ccc(NC(=O)c2ccc(Br)c(C#C[Si](C)(C)C)c2)cc1. The first-order chi connectivity index (χ1) is 15.0. The molecule has 1 aliphatic rings. The van der Waals surface area contributed by atoms with Gasteiger partial charge in [-0.25, -0.2) is 8.42 Å². The molecule has 0 aliphatic carbocycles. The molecule has 1 N–H and O–H groups in total. The number of halogens is 1. The van der Waals surface area contributed by atoms with E-state index in [2.05, 4.69) is 52.4 Å². The van der Waals surface area contributed by atoms with E-state index in [-0.39, 0.29) is 16.8 Å². The molecule has 0 spiro atoms. The van der Waals surface area contributed by atoms with Crippen molar-refractivity contribution in [2.24, 2.45) is 0 Å². The number of anilines is 1. The van der Waals surface area contributed by atoms with Crippen molar-refractivity contribution in [2.75, 3.05) is 11.9 Å². The average Bonchev–Trinajstić information content (AvgIpc) is 2.73. The van der Waals surface area contributed by atoms with Crippen LogP contribution < -0.4 is 5.32 Å². The van der Waals surface area contributed by atoms with E-state index in [9.17, 15) is 13.2 Å². The maximum Gasteiger partial charge on any atom is 0.255 e. The smallest absolute Gasteiger partial charge is 0.255 e. The Morgan fingerprint density at radius 3 is 2.44 bits per heavy atom. The van der Waals surface area contributed by atoms with Gasteiger partial charge >= 0.3 is 0 Å². The molecule has 2 aromatic carbocycles. The van der Waals surface area contributed by atoms with Gasteiger partial charge in [-0.05, 0) is 78.2 Å². The van der Waals surface area contributed by atoms with Gasteiger partial charge in [-0.2, -0.15) is 4.31 Å². The lowest BCUT2D eigenvalue weighted by Gasteiger charge is -2.32. The van der Waals surface area contributed by atoms with Gasteiger partial charge in [-0.1, -0.05) is 32.0 Å². The zero-order valence-electron chi connectivity index (χ0n) is 18.9. The van der Waals surface area contributed by atoms with E-state index < -0.39 is 18.1 Å². The molecule has 1 aliphatic heterocycles. The van der Waals surface area contributed by atoms with Crippen LogP contribution in [0, 0.1) is 11.5 Å². The van der Waals surface area contributed by atoms with Crippen molar-refractivity contribution in [1.29, 1.82) is 0 Å². The zero-order chi connectivity index (χ0) is 23.5. The maximum absolute atomic E-state index is 13.0. The van der Waals surface area contributed by atoms with Crippen LogP contribution in [0.2, 0.25) is 19.6 Å². The average molecular weight is 534 g/mol. The summed E-state index contributed by atoms with van der Waals surface area (Å²) in [6.45, 7) is 9.00. The van der Waals surface area contributed by atoms with E-state index in [1.54, 1.807) is 40.7 Å². The number of nitrogens with zero attached hydrogens (tertiary/aromatic N) is 1. The number of amides is 1. The Morgan fingerprint density at radius 1 is 1.12 bits per heavy atom. The topological polar surface area (TPSA) is 66.5 Å². The number of hydrogen-bond acceptors (Lipinski definition) is 3. The predicted octanol–water partition coefficient (Wildman–Crippen LogP) is 5.49. The van der Waals surface area contributed by atoms with Crippen LogP contribution >= 0.6 is 15.9 Å². The van der Waals surface area contributed by atoms with Gasteiger partial charge in [0.2, 0.25) is 10.0 Å². The minimum atomic E-state index is -3.53. The van der Waals surface area contributed by atoms with Crippen LogP contribution in [0.15, 0.2) is 51.8 Å². The van der Waals surface area contributed by atoms with Crippen LogP contribution in [-0.2, 0) is 10.0 Å². The molecule has 1 fully saturated rings. The summed E-state index contributed by atoms with van der Waals surface area (Å²) in [6.07, 6.45) is 2.82. The van der Waals surface area contributed by atoms with Crippen molar-refractivity contribution < 1.29 is 13.2 Å². The summed E-state index contributed by atoms with van der Waals surface area (Å²) in [5.41, 5.74) is 5.12. The highest BCUT2D eigenvalue weighted by atomic mass is 79.9. The van der Waals surface area contributed by atoms with E-state index in [0.29, 0.717) is 17.8 Å². The second-order valence-corrected chi connectivity index (χ2v) is 16.6. The molecule has 1 saturated heterocycles. The Hall–Kier alpha value is -1.92. The van der Waals surface area contributed by atoms with Gasteiger partial charge in [0.25, 0.3) is 5.91 Å². The molecule has 8 heteroatoms. The highest BCUT2D eigenvalue weighted by Gasteiger charge is 2.30. The van der Waals surface area contributed by atoms with E-state index in [0.717, 1.165) is 29.3 Å². The Bertz CT molecular complexity index is 1160. The second-order valence-electron chi connectivity index (χ2n) is 9.13. The van der Waals surface area contributed by atoms with Crippen molar-refractivity contribution >= 4 is 45.6 Å². The Labute approximate surface area is 200 Å². The first kappa shape index (κ1) is 24.7. The molecule has 170 valence electrons. The third kappa shape index (κ3) is 6.10. The van der Waals surface area contributed by atoms with E-state index in [1.807, 2.05) is 13.0 Å². The summed E-state index contributed by atoms with van der Waals surface area (Å²) >= 11 is 3.50. The van der Waals surface area contributed by atoms with Gasteiger partial charge in [0.15, 0.2) is 0 Å². The fourth-order valence-electron chi connectivity index (χ4n) is 3.49. The molecule has 5 nitrogen and oxygen atoms in total. The molecule has 0 saturated carbocycles.